The molecule has 3 atom stereocenters. The average Bonchev–Trinajstić information content (AvgIpc) is 3.67. The van der Waals surface area contributed by atoms with Gasteiger partial charge in [-0.05, 0) is 67.3 Å². The molecular weight excluding hydrogens is 369 g/mol. The van der Waals surface area contributed by atoms with Crippen molar-refractivity contribution in [3.05, 3.63) is 65.2 Å². The Kier molecular flexibility index (Phi) is 4.74. The Morgan fingerprint density at radius 2 is 2.07 bits per heavy atom. The maximum atomic E-state index is 15.1. The van der Waals surface area contributed by atoms with Crippen LogP contribution >= 0.6 is 0 Å². The summed E-state index contributed by atoms with van der Waals surface area (Å²) in [6, 6.07) is 11.2. The highest BCUT2D eigenvalue weighted by Gasteiger charge is 2.67. The van der Waals surface area contributed by atoms with E-state index in [4.69, 9.17) is 4.74 Å². The summed E-state index contributed by atoms with van der Waals surface area (Å²) >= 11 is 0. The lowest BCUT2D eigenvalue weighted by Gasteiger charge is -2.19. The van der Waals surface area contributed by atoms with Crippen LogP contribution in [0, 0.1) is 17.7 Å². The van der Waals surface area contributed by atoms with Crippen molar-refractivity contribution >= 4 is 6.09 Å². The van der Waals surface area contributed by atoms with Crippen LogP contribution in [0.3, 0.4) is 0 Å². The van der Waals surface area contributed by atoms with Crippen LogP contribution < -0.4 is 10.6 Å². The first kappa shape index (κ1) is 18.6. The molecule has 2 aromatic rings. The van der Waals surface area contributed by atoms with Crippen molar-refractivity contribution in [2.45, 2.75) is 37.2 Å². The van der Waals surface area contributed by atoms with Crippen molar-refractivity contribution in [1.29, 1.82) is 0 Å². The van der Waals surface area contributed by atoms with Crippen LogP contribution in [0.5, 0.6) is 0 Å². The number of halogens is 1. The van der Waals surface area contributed by atoms with Gasteiger partial charge < -0.3 is 15.4 Å². The molecule has 1 aromatic heterocycles. The number of nitrogens with zero attached hydrogens (tertiary/aromatic N) is 1. The number of ether oxygens (including phenoxy) is 1. The van der Waals surface area contributed by atoms with Crippen molar-refractivity contribution in [3.8, 4) is 0 Å². The smallest absolute Gasteiger partial charge is 0.407 e. The number of nitrogens with one attached hydrogen (secondary N) is 2. The first-order valence-corrected chi connectivity index (χ1v) is 10.5. The molecule has 0 radical (unpaired) electrons. The molecule has 5 rings (SSSR count). The molecule has 3 fully saturated rings. The van der Waals surface area contributed by atoms with Crippen LogP contribution in [0.15, 0.2) is 42.6 Å². The Balaban J connectivity index is 1.30. The lowest BCUT2D eigenvalue weighted by atomic mass is 9.94. The predicted molar refractivity (Wildman–Crippen MR) is 107 cm³/mol. The normalized spacial score (nSPS) is 27.8. The predicted octanol–water partition coefficient (Wildman–Crippen LogP) is 3.50. The van der Waals surface area contributed by atoms with E-state index < -0.39 is 11.5 Å². The van der Waals surface area contributed by atoms with Gasteiger partial charge in [0.25, 0.3) is 0 Å². The van der Waals surface area contributed by atoms with E-state index >= 15 is 4.39 Å². The molecule has 2 aliphatic carbocycles. The third kappa shape index (κ3) is 3.50. The Bertz CT molecular complexity index is 888. The van der Waals surface area contributed by atoms with Gasteiger partial charge in [0.1, 0.15) is 12.4 Å². The molecule has 0 unspecified atom stereocenters. The van der Waals surface area contributed by atoms with Gasteiger partial charge in [0.2, 0.25) is 0 Å². The van der Waals surface area contributed by atoms with Crippen LogP contribution in [0.4, 0.5) is 9.18 Å². The fraction of sp³-hybridized carbons (Fsp3) is 0.478. The molecule has 0 bridgehead atoms. The van der Waals surface area contributed by atoms with Crippen molar-refractivity contribution in [2.24, 2.45) is 11.8 Å². The van der Waals surface area contributed by atoms with Crippen molar-refractivity contribution in [1.82, 2.24) is 15.6 Å². The van der Waals surface area contributed by atoms with Gasteiger partial charge in [-0.3, -0.25) is 4.98 Å². The Hall–Kier alpha value is -2.47. The van der Waals surface area contributed by atoms with Gasteiger partial charge in [0.15, 0.2) is 0 Å². The van der Waals surface area contributed by atoms with Crippen molar-refractivity contribution in [3.63, 3.8) is 0 Å². The van der Waals surface area contributed by atoms with E-state index in [1.807, 2.05) is 36.5 Å². The quantitative estimate of drug-likeness (QED) is 0.786. The summed E-state index contributed by atoms with van der Waals surface area (Å²) < 4.78 is 20.4. The molecule has 1 saturated heterocycles. The molecule has 5 nitrogen and oxygen atoms in total. The maximum Gasteiger partial charge on any atom is 0.407 e. The average molecular weight is 395 g/mol. The summed E-state index contributed by atoms with van der Waals surface area (Å²) in [5.41, 5.74) is 1.99. The minimum Gasteiger partial charge on any atom is -0.445 e. The molecule has 3 aliphatic rings. The first-order valence-electron chi connectivity index (χ1n) is 10.5. The van der Waals surface area contributed by atoms with Gasteiger partial charge in [-0.2, -0.15) is 0 Å². The zero-order valence-electron chi connectivity index (χ0n) is 16.4. The fourth-order valence-electron chi connectivity index (χ4n) is 5.03. The van der Waals surface area contributed by atoms with E-state index in [2.05, 4.69) is 15.6 Å². The zero-order chi connectivity index (χ0) is 19.8. The lowest BCUT2D eigenvalue weighted by Crippen LogP contribution is -2.36. The standard InChI is InChI=1S/C23H26FN3O2/c24-20-10-17(16-6-7-16)11-26-21(20)23(18-8-9-25-12-19(18)23)14-27-22(28)29-13-15-4-2-1-3-5-15/h1-5,10-11,16,18-19,25H,6-9,12-14H2,(H,27,28)/t18-,19+,23+/m1/s1. The molecule has 6 heteroatoms. The highest BCUT2D eigenvalue weighted by atomic mass is 19.1. The summed E-state index contributed by atoms with van der Waals surface area (Å²) in [6.45, 7) is 2.32. The number of fused-ring (bicyclic) bond motifs is 1. The molecule has 2 saturated carbocycles. The number of amides is 1. The molecule has 1 aromatic carbocycles. The van der Waals surface area contributed by atoms with Gasteiger partial charge in [0.05, 0.1) is 5.69 Å². The SMILES string of the molecule is O=C(NC[C@]1(c2ncc(C3CC3)cc2F)[C@@H]2CCNC[C@@H]21)OCc1ccccc1. The van der Waals surface area contributed by atoms with Crippen molar-refractivity contribution in [2.75, 3.05) is 19.6 Å². The van der Waals surface area contributed by atoms with E-state index in [9.17, 15) is 4.79 Å². The largest absolute Gasteiger partial charge is 0.445 e. The minimum absolute atomic E-state index is 0.219. The van der Waals surface area contributed by atoms with Crippen LogP contribution in [-0.4, -0.2) is 30.7 Å². The number of benzene rings is 1. The van der Waals surface area contributed by atoms with Gasteiger partial charge in [0, 0.05) is 18.2 Å². The number of piperidine rings is 1. The van der Waals surface area contributed by atoms with E-state index in [0.29, 0.717) is 30.0 Å². The molecule has 152 valence electrons. The maximum absolute atomic E-state index is 15.1. The van der Waals surface area contributed by atoms with Gasteiger partial charge >= 0.3 is 6.09 Å². The second-order valence-electron chi connectivity index (χ2n) is 8.53. The summed E-state index contributed by atoms with van der Waals surface area (Å²) in [4.78, 5) is 16.9. The Labute approximate surface area is 170 Å². The number of carbonyl (C=O) groups excluding carboxylic acids is 1. The van der Waals surface area contributed by atoms with E-state index in [0.717, 1.165) is 43.5 Å². The third-order valence-electron chi connectivity index (χ3n) is 6.79. The molecule has 1 aliphatic heterocycles. The number of hydrogen-bond donors (Lipinski definition) is 2. The summed E-state index contributed by atoms with van der Waals surface area (Å²) in [7, 11) is 0. The van der Waals surface area contributed by atoms with Crippen LogP contribution in [0.25, 0.3) is 0 Å². The van der Waals surface area contributed by atoms with Crippen LogP contribution in [0.1, 0.15) is 42.0 Å². The fourth-order valence-corrected chi connectivity index (χ4v) is 5.03. The highest BCUT2D eigenvalue weighted by Crippen LogP contribution is 2.62. The van der Waals surface area contributed by atoms with Crippen LogP contribution in [0.2, 0.25) is 0 Å². The molecular formula is C23H26FN3O2. The summed E-state index contributed by atoms with van der Waals surface area (Å²) in [5, 5.41) is 6.29. The van der Waals surface area contributed by atoms with E-state index in [1.54, 1.807) is 6.07 Å². The van der Waals surface area contributed by atoms with Crippen molar-refractivity contribution < 1.29 is 13.9 Å². The molecule has 0 spiro atoms. The molecule has 2 N–H and O–H groups in total. The zero-order valence-corrected chi connectivity index (χ0v) is 16.4. The number of aromatic nitrogens is 1. The molecule has 1 amide bonds. The molecule has 29 heavy (non-hydrogen) atoms. The number of carbonyl (C=O) groups is 1. The number of alkyl carbamates (subject to hydrolysis) is 1. The number of hydrogen-bond acceptors (Lipinski definition) is 4. The van der Waals surface area contributed by atoms with Gasteiger partial charge in [-0.1, -0.05) is 30.3 Å². The summed E-state index contributed by atoms with van der Waals surface area (Å²) in [6.07, 6.45) is 4.57. The molecule has 2 heterocycles. The lowest BCUT2D eigenvalue weighted by molar-refractivity contribution is 0.138. The third-order valence-corrected chi connectivity index (χ3v) is 6.79. The minimum atomic E-state index is -0.472. The first-order chi connectivity index (χ1) is 14.2. The van der Waals surface area contributed by atoms with Gasteiger partial charge in [-0.25, -0.2) is 9.18 Å². The number of rotatable bonds is 6. The second kappa shape index (κ2) is 7.41. The highest BCUT2D eigenvalue weighted by molar-refractivity contribution is 5.67. The topological polar surface area (TPSA) is 63.2 Å². The van der Waals surface area contributed by atoms with E-state index in [-0.39, 0.29) is 12.4 Å². The Morgan fingerprint density at radius 3 is 2.76 bits per heavy atom. The monoisotopic (exact) mass is 395 g/mol. The van der Waals surface area contributed by atoms with Gasteiger partial charge in [-0.15, -0.1) is 0 Å². The Morgan fingerprint density at radius 1 is 1.24 bits per heavy atom. The second-order valence-corrected chi connectivity index (χ2v) is 8.53. The van der Waals surface area contributed by atoms with E-state index in [1.165, 1.54) is 0 Å². The number of pyridine rings is 1. The summed E-state index contributed by atoms with van der Waals surface area (Å²) in [5.74, 6) is 0.867. The van der Waals surface area contributed by atoms with Crippen LogP contribution in [-0.2, 0) is 16.8 Å².